The Morgan fingerprint density at radius 2 is 2.12 bits per heavy atom. The fraction of sp³-hybridized carbons (Fsp3) is 0.409. The second-order valence-corrected chi connectivity index (χ2v) is 8.69. The average Bonchev–Trinajstić information content (AvgIpc) is 3.18. The molecular weight excluding hydrogens is 437 g/mol. The van der Waals surface area contributed by atoms with Gasteiger partial charge in [-0.2, -0.15) is 0 Å². The molecule has 1 fully saturated rings. The third-order valence-corrected chi connectivity index (χ3v) is 5.35. The summed E-state index contributed by atoms with van der Waals surface area (Å²) in [7, 11) is 0. The van der Waals surface area contributed by atoms with Crippen molar-refractivity contribution in [2.75, 3.05) is 25.0 Å². The van der Waals surface area contributed by atoms with E-state index in [-0.39, 0.29) is 30.2 Å². The van der Waals surface area contributed by atoms with Crippen LogP contribution in [0.3, 0.4) is 0 Å². The first-order valence-corrected chi connectivity index (χ1v) is 10.6. The lowest BCUT2D eigenvalue weighted by Crippen LogP contribution is -2.46. The second kappa shape index (κ2) is 8.99. The molecule has 4 heterocycles. The number of amides is 1. The summed E-state index contributed by atoms with van der Waals surface area (Å²) >= 11 is 0. The number of imidazole rings is 1. The Bertz CT molecular complexity index is 1180. The normalized spacial score (nSPS) is 19.0. The number of nitrogens with one attached hydrogen (secondary N) is 3. The highest BCUT2D eigenvalue weighted by molar-refractivity contribution is 5.95. The molecule has 1 aliphatic heterocycles. The SMILES string of the molecule is CC(C)(O)CNC(=O)c1ccn2c(-c3nc(N[C@@H]4CNCC[C@H]4F)c(F)cc3F)cnc2c1. The molecule has 8 nitrogen and oxygen atoms in total. The first kappa shape index (κ1) is 23.0. The van der Waals surface area contributed by atoms with Gasteiger partial charge in [-0.3, -0.25) is 9.20 Å². The van der Waals surface area contributed by atoms with Gasteiger partial charge in [-0.15, -0.1) is 0 Å². The zero-order valence-electron chi connectivity index (χ0n) is 18.2. The fourth-order valence-electron chi connectivity index (χ4n) is 3.59. The zero-order valence-corrected chi connectivity index (χ0v) is 18.2. The summed E-state index contributed by atoms with van der Waals surface area (Å²) in [6, 6.07) is 3.03. The lowest BCUT2D eigenvalue weighted by molar-refractivity contribution is 0.0694. The van der Waals surface area contributed by atoms with Gasteiger partial charge in [0.2, 0.25) is 0 Å². The predicted molar refractivity (Wildman–Crippen MR) is 117 cm³/mol. The maximum Gasteiger partial charge on any atom is 0.251 e. The van der Waals surface area contributed by atoms with Gasteiger partial charge < -0.3 is 21.1 Å². The quantitative estimate of drug-likeness (QED) is 0.448. The molecular formula is C22H25F3N6O2. The van der Waals surface area contributed by atoms with Crippen LogP contribution in [-0.4, -0.2) is 62.8 Å². The van der Waals surface area contributed by atoms with Crippen molar-refractivity contribution in [2.24, 2.45) is 0 Å². The van der Waals surface area contributed by atoms with Crippen LogP contribution in [0.1, 0.15) is 30.6 Å². The number of pyridine rings is 2. The van der Waals surface area contributed by atoms with Crippen molar-refractivity contribution in [3.05, 3.63) is 47.8 Å². The van der Waals surface area contributed by atoms with Crippen LogP contribution in [0.15, 0.2) is 30.6 Å². The molecule has 2 atom stereocenters. The van der Waals surface area contributed by atoms with Gasteiger partial charge in [0.1, 0.15) is 17.5 Å². The molecule has 0 spiro atoms. The summed E-state index contributed by atoms with van der Waals surface area (Å²) in [5, 5.41) is 18.2. The number of fused-ring (bicyclic) bond motifs is 1. The standard InChI is InChI=1S/C22H25F3N6O2/c1-22(2,33)11-28-21(32)12-4-6-31-17(10-27-18(31)7-12)19-14(24)8-15(25)20(30-19)29-16-9-26-5-3-13(16)23/h4,6-8,10,13,16,26,33H,3,5,9,11H2,1-2H3,(H,28,32)(H,29,30)/t13-,16-/m1/s1. The number of piperidine rings is 1. The van der Waals surface area contributed by atoms with E-state index in [0.717, 1.165) is 0 Å². The Kier molecular flexibility index (Phi) is 6.26. The smallest absolute Gasteiger partial charge is 0.251 e. The first-order valence-electron chi connectivity index (χ1n) is 10.6. The van der Waals surface area contributed by atoms with Crippen molar-refractivity contribution in [3.8, 4) is 11.4 Å². The largest absolute Gasteiger partial charge is 0.389 e. The third kappa shape index (κ3) is 5.09. The van der Waals surface area contributed by atoms with Gasteiger partial charge in [-0.1, -0.05) is 0 Å². The Hall–Kier alpha value is -3.18. The number of anilines is 1. The summed E-state index contributed by atoms with van der Waals surface area (Å²) in [5.74, 6) is -2.47. The summed E-state index contributed by atoms with van der Waals surface area (Å²) in [5.41, 5.74) is -0.329. The number of halogens is 3. The highest BCUT2D eigenvalue weighted by Gasteiger charge is 2.27. The second-order valence-electron chi connectivity index (χ2n) is 8.69. The van der Waals surface area contributed by atoms with E-state index in [4.69, 9.17) is 0 Å². The number of nitrogens with zero attached hydrogens (tertiary/aromatic N) is 3. The average molecular weight is 462 g/mol. The van der Waals surface area contributed by atoms with Crippen molar-refractivity contribution in [1.29, 1.82) is 0 Å². The number of rotatable bonds is 6. The highest BCUT2D eigenvalue weighted by Crippen LogP contribution is 2.27. The molecule has 0 bridgehead atoms. The van der Waals surface area contributed by atoms with Crippen LogP contribution in [0.2, 0.25) is 0 Å². The van der Waals surface area contributed by atoms with Gasteiger partial charge in [0.15, 0.2) is 17.5 Å². The molecule has 0 saturated carbocycles. The monoisotopic (exact) mass is 462 g/mol. The van der Waals surface area contributed by atoms with Crippen LogP contribution in [-0.2, 0) is 0 Å². The van der Waals surface area contributed by atoms with Crippen molar-refractivity contribution < 1.29 is 23.1 Å². The molecule has 1 saturated heterocycles. The number of alkyl halides is 1. The minimum atomic E-state index is -1.18. The maximum atomic E-state index is 14.7. The van der Waals surface area contributed by atoms with Gasteiger partial charge in [-0.25, -0.2) is 23.1 Å². The predicted octanol–water partition coefficient (Wildman–Crippen LogP) is 2.29. The Morgan fingerprint density at radius 3 is 2.85 bits per heavy atom. The molecule has 0 aliphatic carbocycles. The van der Waals surface area contributed by atoms with Gasteiger partial charge in [0.25, 0.3) is 5.91 Å². The molecule has 11 heteroatoms. The molecule has 0 radical (unpaired) electrons. The van der Waals surface area contributed by atoms with E-state index in [9.17, 15) is 23.1 Å². The van der Waals surface area contributed by atoms with Gasteiger partial charge >= 0.3 is 0 Å². The minimum Gasteiger partial charge on any atom is -0.389 e. The van der Waals surface area contributed by atoms with Crippen molar-refractivity contribution >= 4 is 17.4 Å². The summed E-state index contributed by atoms with van der Waals surface area (Å²) < 4.78 is 44.7. The van der Waals surface area contributed by atoms with Crippen LogP contribution < -0.4 is 16.0 Å². The van der Waals surface area contributed by atoms with E-state index in [1.807, 2.05) is 0 Å². The molecule has 1 amide bonds. The molecule has 176 valence electrons. The molecule has 1 aliphatic rings. The van der Waals surface area contributed by atoms with E-state index in [0.29, 0.717) is 30.4 Å². The Balaban J connectivity index is 1.62. The molecule has 0 unspecified atom stereocenters. The molecule has 33 heavy (non-hydrogen) atoms. The summed E-state index contributed by atoms with van der Waals surface area (Å²) in [6.45, 7) is 4.03. The maximum absolute atomic E-state index is 14.7. The Labute approximate surface area is 188 Å². The zero-order chi connectivity index (χ0) is 23.8. The third-order valence-electron chi connectivity index (χ3n) is 5.35. The molecule has 0 aromatic carbocycles. The molecule has 3 aromatic rings. The summed E-state index contributed by atoms with van der Waals surface area (Å²) in [6.07, 6.45) is 1.99. The first-order chi connectivity index (χ1) is 15.6. The number of carbonyl (C=O) groups is 1. The lowest BCUT2D eigenvalue weighted by Gasteiger charge is -2.28. The van der Waals surface area contributed by atoms with E-state index in [1.165, 1.54) is 28.9 Å². The molecule has 3 aromatic heterocycles. The van der Waals surface area contributed by atoms with Gasteiger partial charge in [-0.05, 0) is 38.9 Å². The van der Waals surface area contributed by atoms with E-state index >= 15 is 0 Å². The van der Waals surface area contributed by atoms with Crippen LogP contribution in [0.5, 0.6) is 0 Å². The Morgan fingerprint density at radius 1 is 1.33 bits per heavy atom. The fourth-order valence-corrected chi connectivity index (χ4v) is 3.59. The van der Waals surface area contributed by atoms with Gasteiger partial charge in [0.05, 0.1) is 23.5 Å². The molecule has 4 rings (SSSR count). The number of carbonyl (C=O) groups excluding carboxylic acids is 1. The number of aromatic nitrogens is 3. The van der Waals surface area contributed by atoms with Crippen LogP contribution in [0.4, 0.5) is 19.0 Å². The van der Waals surface area contributed by atoms with Gasteiger partial charge in [0, 0.05) is 30.9 Å². The van der Waals surface area contributed by atoms with Crippen molar-refractivity contribution in [1.82, 2.24) is 25.0 Å². The van der Waals surface area contributed by atoms with E-state index < -0.39 is 35.4 Å². The van der Waals surface area contributed by atoms with Crippen molar-refractivity contribution in [2.45, 2.75) is 38.1 Å². The van der Waals surface area contributed by atoms with E-state index in [2.05, 4.69) is 25.9 Å². The van der Waals surface area contributed by atoms with Crippen molar-refractivity contribution in [3.63, 3.8) is 0 Å². The lowest BCUT2D eigenvalue weighted by atomic mass is 10.1. The van der Waals surface area contributed by atoms with Crippen LogP contribution in [0.25, 0.3) is 17.0 Å². The highest BCUT2D eigenvalue weighted by atomic mass is 19.1. The number of hydrogen-bond acceptors (Lipinski definition) is 6. The molecule has 4 N–H and O–H groups in total. The van der Waals surface area contributed by atoms with Crippen LogP contribution >= 0.6 is 0 Å². The van der Waals surface area contributed by atoms with Crippen LogP contribution in [0, 0.1) is 11.6 Å². The number of hydrogen-bond donors (Lipinski definition) is 4. The summed E-state index contributed by atoms with van der Waals surface area (Å²) in [4.78, 5) is 20.6. The van der Waals surface area contributed by atoms with E-state index in [1.54, 1.807) is 13.8 Å². The number of aliphatic hydroxyl groups is 1. The topological polar surface area (TPSA) is 104 Å². The minimum absolute atomic E-state index is 0.0629.